The van der Waals surface area contributed by atoms with E-state index >= 15 is 0 Å². The maximum atomic E-state index is 12.6. The Bertz CT molecular complexity index is 893. The summed E-state index contributed by atoms with van der Waals surface area (Å²) in [5, 5.41) is 21.8. The van der Waals surface area contributed by atoms with E-state index in [1.165, 1.54) is 11.0 Å². The molecule has 0 aromatic heterocycles. The molecule has 2 amide bonds. The van der Waals surface area contributed by atoms with Gasteiger partial charge >= 0.3 is 12.0 Å². The number of rotatable bonds is 3. The van der Waals surface area contributed by atoms with Gasteiger partial charge in [-0.2, -0.15) is 5.26 Å². The van der Waals surface area contributed by atoms with E-state index in [4.69, 9.17) is 11.6 Å². The lowest BCUT2D eigenvalue weighted by Crippen LogP contribution is -2.42. The number of hydrogen-bond donors (Lipinski definition) is 2. The van der Waals surface area contributed by atoms with Crippen molar-refractivity contribution in [2.45, 2.75) is 18.9 Å². The third-order valence-electron chi connectivity index (χ3n) is 4.33. The number of halogens is 1. The molecule has 2 aromatic rings. The highest BCUT2D eigenvalue weighted by molar-refractivity contribution is 6.31. The van der Waals surface area contributed by atoms with Crippen LogP contribution in [0.2, 0.25) is 5.02 Å². The van der Waals surface area contributed by atoms with Crippen molar-refractivity contribution in [3.05, 3.63) is 53.1 Å². The van der Waals surface area contributed by atoms with E-state index in [9.17, 15) is 20.0 Å². The van der Waals surface area contributed by atoms with E-state index in [-0.39, 0.29) is 0 Å². The first-order chi connectivity index (χ1) is 12.5. The van der Waals surface area contributed by atoms with Gasteiger partial charge in [0.1, 0.15) is 6.04 Å². The Morgan fingerprint density at radius 2 is 2.00 bits per heavy atom. The molecule has 2 aromatic carbocycles. The molecule has 1 aliphatic heterocycles. The second-order valence-corrected chi connectivity index (χ2v) is 6.41. The van der Waals surface area contributed by atoms with Crippen LogP contribution in [0.15, 0.2) is 42.5 Å². The molecule has 26 heavy (non-hydrogen) atoms. The quantitative estimate of drug-likeness (QED) is 0.856. The lowest BCUT2D eigenvalue weighted by atomic mass is 9.98. The van der Waals surface area contributed by atoms with E-state index in [0.29, 0.717) is 41.2 Å². The van der Waals surface area contributed by atoms with Gasteiger partial charge in [-0.3, -0.25) is 0 Å². The SMILES string of the molecule is N#Cc1cc(Cl)cc(NC(=O)N2CCCC2C(=O)O)c1-c1ccccc1. The number of carboxylic acid groups (broad SMARTS) is 1. The van der Waals surface area contributed by atoms with E-state index in [2.05, 4.69) is 11.4 Å². The smallest absolute Gasteiger partial charge is 0.326 e. The highest BCUT2D eigenvalue weighted by Crippen LogP contribution is 2.35. The van der Waals surface area contributed by atoms with Crippen LogP contribution in [0.5, 0.6) is 0 Å². The summed E-state index contributed by atoms with van der Waals surface area (Å²) in [6.45, 7) is 0.370. The first-order valence-electron chi connectivity index (χ1n) is 8.10. The monoisotopic (exact) mass is 369 g/mol. The molecule has 6 nitrogen and oxygen atoms in total. The van der Waals surface area contributed by atoms with Crippen molar-refractivity contribution in [1.82, 2.24) is 4.90 Å². The van der Waals surface area contributed by atoms with Crippen LogP contribution in [0.4, 0.5) is 10.5 Å². The number of benzene rings is 2. The largest absolute Gasteiger partial charge is 0.480 e. The van der Waals surface area contributed by atoms with Gasteiger partial charge in [0.05, 0.1) is 17.3 Å². The Balaban J connectivity index is 2.00. The minimum Gasteiger partial charge on any atom is -0.480 e. The number of aliphatic carboxylic acids is 1. The fraction of sp³-hybridized carbons (Fsp3) is 0.211. The summed E-state index contributed by atoms with van der Waals surface area (Å²) < 4.78 is 0. The van der Waals surface area contributed by atoms with Gasteiger partial charge in [0.2, 0.25) is 0 Å². The summed E-state index contributed by atoms with van der Waals surface area (Å²) in [6.07, 6.45) is 1.06. The number of carbonyl (C=O) groups excluding carboxylic acids is 1. The van der Waals surface area contributed by atoms with Crippen LogP contribution in [0.3, 0.4) is 0 Å². The molecule has 3 rings (SSSR count). The first-order valence-corrected chi connectivity index (χ1v) is 8.48. The summed E-state index contributed by atoms with van der Waals surface area (Å²) in [5.74, 6) is -1.02. The molecule has 0 radical (unpaired) electrons. The van der Waals surface area contributed by atoms with Crippen LogP contribution in [-0.2, 0) is 4.79 Å². The maximum absolute atomic E-state index is 12.6. The van der Waals surface area contributed by atoms with Crippen molar-refractivity contribution in [2.75, 3.05) is 11.9 Å². The van der Waals surface area contributed by atoms with Gasteiger partial charge in [0.25, 0.3) is 0 Å². The number of likely N-dealkylation sites (tertiary alicyclic amines) is 1. The van der Waals surface area contributed by atoms with E-state index in [1.807, 2.05) is 30.3 Å². The molecule has 2 N–H and O–H groups in total. The predicted molar refractivity (Wildman–Crippen MR) is 98.0 cm³/mol. The minimum absolute atomic E-state index is 0.313. The van der Waals surface area contributed by atoms with Gasteiger partial charge in [-0.15, -0.1) is 0 Å². The number of anilines is 1. The normalized spacial score (nSPS) is 16.2. The van der Waals surface area contributed by atoms with Crippen molar-refractivity contribution in [3.8, 4) is 17.2 Å². The van der Waals surface area contributed by atoms with E-state index in [0.717, 1.165) is 5.56 Å². The lowest BCUT2D eigenvalue weighted by molar-refractivity contribution is -0.141. The second-order valence-electron chi connectivity index (χ2n) is 5.97. The summed E-state index contributed by atoms with van der Waals surface area (Å²) in [4.78, 5) is 25.3. The third-order valence-corrected chi connectivity index (χ3v) is 4.54. The molecule has 0 aliphatic carbocycles. The number of nitrogens with zero attached hydrogens (tertiary/aromatic N) is 2. The molecule has 1 atom stereocenters. The zero-order chi connectivity index (χ0) is 18.7. The zero-order valence-electron chi connectivity index (χ0n) is 13.8. The van der Waals surface area contributed by atoms with Crippen molar-refractivity contribution in [3.63, 3.8) is 0 Å². The molecule has 0 spiro atoms. The minimum atomic E-state index is -1.02. The molecule has 1 fully saturated rings. The number of urea groups is 1. The fourth-order valence-corrected chi connectivity index (χ4v) is 3.38. The molecule has 0 bridgehead atoms. The van der Waals surface area contributed by atoms with Gasteiger partial charge in [-0.1, -0.05) is 41.9 Å². The Hall–Kier alpha value is -3.04. The zero-order valence-corrected chi connectivity index (χ0v) is 14.5. The van der Waals surface area contributed by atoms with Crippen molar-refractivity contribution < 1.29 is 14.7 Å². The summed E-state index contributed by atoms with van der Waals surface area (Å²) in [5.41, 5.74) is 2.01. The van der Waals surface area contributed by atoms with Crippen LogP contribution in [-0.4, -0.2) is 34.6 Å². The molecular formula is C19H16ClN3O3. The van der Waals surface area contributed by atoms with Crippen molar-refractivity contribution in [1.29, 1.82) is 5.26 Å². The molecular weight excluding hydrogens is 354 g/mol. The molecule has 1 aliphatic rings. The number of amides is 2. The van der Waals surface area contributed by atoms with Gasteiger partial charge in [0, 0.05) is 17.1 Å². The average Bonchev–Trinajstić information content (AvgIpc) is 3.12. The molecule has 1 heterocycles. The van der Waals surface area contributed by atoms with E-state index < -0.39 is 18.0 Å². The number of hydrogen-bond acceptors (Lipinski definition) is 3. The molecule has 7 heteroatoms. The van der Waals surface area contributed by atoms with Gasteiger partial charge in [-0.25, -0.2) is 9.59 Å². The summed E-state index contributed by atoms with van der Waals surface area (Å²) >= 11 is 6.10. The molecule has 1 unspecified atom stereocenters. The summed E-state index contributed by atoms with van der Waals surface area (Å²) in [6, 6.07) is 13.0. The predicted octanol–water partition coefficient (Wildman–Crippen LogP) is 3.96. The number of nitriles is 1. The summed E-state index contributed by atoms with van der Waals surface area (Å²) in [7, 11) is 0. The molecule has 0 saturated carbocycles. The Kier molecular flexibility index (Phi) is 5.10. The van der Waals surface area contributed by atoms with Gasteiger partial charge < -0.3 is 15.3 Å². The van der Waals surface area contributed by atoms with Crippen LogP contribution >= 0.6 is 11.6 Å². The van der Waals surface area contributed by atoms with E-state index in [1.54, 1.807) is 6.07 Å². The third kappa shape index (κ3) is 3.48. The highest BCUT2D eigenvalue weighted by atomic mass is 35.5. The van der Waals surface area contributed by atoms with Gasteiger partial charge in [-0.05, 0) is 30.5 Å². The standard InChI is InChI=1S/C19H16ClN3O3/c20-14-9-13(11-21)17(12-5-2-1-3-6-12)15(10-14)22-19(26)23-8-4-7-16(23)18(24)25/h1-3,5-6,9-10,16H,4,7-8H2,(H,22,26)(H,24,25). The molecule has 132 valence electrons. The van der Waals surface area contributed by atoms with Crippen LogP contribution < -0.4 is 5.32 Å². The average molecular weight is 370 g/mol. The van der Waals surface area contributed by atoms with Crippen LogP contribution in [0.1, 0.15) is 18.4 Å². The Morgan fingerprint density at radius 3 is 2.65 bits per heavy atom. The van der Waals surface area contributed by atoms with Crippen LogP contribution in [0.25, 0.3) is 11.1 Å². The Morgan fingerprint density at radius 1 is 1.27 bits per heavy atom. The fourth-order valence-electron chi connectivity index (χ4n) is 3.16. The van der Waals surface area contributed by atoms with Crippen LogP contribution in [0, 0.1) is 11.3 Å². The van der Waals surface area contributed by atoms with Crippen molar-refractivity contribution in [2.24, 2.45) is 0 Å². The Labute approximate surface area is 155 Å². The molecule has 1 saturated heterocycles. The topological polar surface area (TPSA) is 93.4 Å². The number of nitrogens with one attached hydrogen (secondary N) is 1. The second kappa shape index (κ2) is 7.46. The first kappa shape index (κ1) is 17.8. The number of carbonyl (C=O) groups is 2. The van der Waals surface area contributed by atoms with Gasteiger partial charge in [0.15, 0.2) is 0 Å². The lowest BCUT2D eigenvalue weighted by Gasteiger charge is -2.23. The maximum Gasteiger partial charge on any atom is 0.326 e. The highest BCUT2D eigenvalue weighted by Gasteiger charge is 2.34. The van der Waals surface area contributed by atoms with Crippen molar-refractivity contribution >= 4 is 29.3 Å². The number of carboxylic acids is 1.